The van der Waals surface area contributed by atoms with Crippen molar-refractivity contribution in [3.63, 3.8) is 0 Å². The van der Waals surface area contributed by atoms with Crippen LogP contribution in [0.25, 0.3) is 33.1 Å². The Morgan fingerprint density at radius 2 is 1.69 bits per heavy atom. The topological polar surface area (TPSA) is 310 Å². The Balaban J connectivity index is 0.937. The van der Waals surface area contributed by atoms with Crippen LogP contribution in [0.15, 0.2) is 64.5 Å². The van der Waals surface area contributed by atoms with Crippen molar-refractivity contribution in [2.75, 3.05) is 24.7 Å². The standard InChI is InChI=1S/C47H60N12O9/c1-8-9-14-33-55-35-37(30-12-10-11-13-31(30)53-38(35)48)59(33)25-47(6,7)68-44(65)66-22-21-46(4,5)67-26-45(2,3)58-34(60)20-19-32(42(63)64)54-40(61)27-15-17-28(18-16-27)50-23-29-24-51-39-36(52-29)41(62)57-43(49)56-39/h10-13,15-18,23-24,32,34,58,60H,8-9,14,19-22,25-26H2,1-7H3,(H2,48,53)(H,54,61)(H,63,64)(H3,49,51,56,57,62)/b50-23+. The third-order valence-electron chi connectivity index (χ3n) is 10.9. The molecule has 4 aromatic heterocycles. The maximum Gasteiger partial charge on any atom is 0.508 e. The van der Waals surface area contributed by atoms with Crippen molar-refractivity contribution in [2.45, 2.75) is 123 Å². The van der Waals surface area contributed by atoms with Crippen LogP contribution in [-0.2, 0) is 32.0 Å². The highest BCUT2D eigenvalue weighted by molar-refractivity contribution is 6.06. The van der Waals surface area contributed by atoms with Gasteiger partial charge in [-0.2, -0.15) is 4.98 Å². The van der Waals surface area contributed by atoms with Crippen LogP contribution in [0.3, 0.4) is 0 Å². The number of para-hydroxylation sites is 1. The molecule has 0 fully saturated rings. The zero-order valence-electron chi connectivity index (χ0n) is 39.3. The number of aliphatic carboxylic acids is 1. The van der Waals surface area contributed by atoms with Crippen LogP contribution < -0.4 is 27.7 Å². The lowest BCUT2D eigenvalue weighted by Crippen LogP contribution is -2.51. The lowest BCUT2D eigenvalue weighted by atomic mass is 10.0. The first kappa shape index (κ1) is 50.3. The summed E-state index contributed by atoms with van der Waals surface area (Å²) in [7, 11) is 0. The molecule has 68 heavy (non-hydrogen) atoms. The zero-order chi connectivity index (χ0) is 49.4. The molecule has 4 heterocycles. The number of benzene rings is 2. The largest absolute Gasteiger partial charge is 0.508 e. The van der Waals surface area contributed by atoms with E-state index >= 15 is 0 Å². The first-order valence-corrected chi connectivity index (χ1v) is 22.3. The molecule has 0 bridgehead atoms. The van der Waals surface area contributed by atoms with Gasteiger partial charge < -0.3 is 45.8 Å². The number of aromatic amines is 1. The average molecular weight is 937 g/mol. The number of ether oxygens (including phenoxy) is 3. The van der Waals surface area contributed by atoms with Gasteiger partial charge in [-0.05, 0) is 91.1 Å². The third kappa shape index (κ3) is 13.3. The summed E-state index contributed by atoms with van der Waals surface area (Å²) in [5, 5.41) is 27.2. The zero-order valence-corrected chi connectivity index (χ0v) is 39.3. The van der Waals surface area contributed by atoms with Crippen molar-refractivity contribution in [3.8, 4) is 0 Å². The number of hydrogen-bond acceptors (Lipinski definition) is 17. The Morgan fingerprint density at radius 3 is 2.41 bits per heavy atom. The molecule has 0 spiro atoms. The molecule has 21 heteroatoms. The second-order valence-electron chi connectivity index (χ2n) is 18.4. The summed E-state index contributed by atoms with van der Waals surface area (Å²) in [6.45, 7) is 13.6. The number of fused-ring (bicyclic) bond motifs is 4. The average Bonchev–Trinajstić information content (AvgIpc) is 3.63. The summed E-state index contributed by atoms with van der Waals surface area (Å²) in [5.41, 5.74) is 12.1. The number of unbranched alkanes of at least 4 members (excludes halogenated alkanes) is 1. The van der Waals surface area contributed by atoms with Crippen LogP contribution in [0.5, 0.6) is 0 Å². The first-order valence-electron chi connectivity index (χ1n) is 22.3. The maximum atomic E-state index is 13.0. The number of amides is 1. The molecule has 362 valence electrons. The number of pyridine rings is 1. The minimum Gasteiger partial charge on any atom is -0.480 e. The van der Waals surface area contributed by atoms with E-state index in [9.17, 15) is 29.4 Å². The number of aryl methyl sites for hydroxylation is 1. The highest BCUT2D eigenvalue weighted by Crippen LogP contribution is 2.31. The molecule has 6 rings (SSSR count). The summed E-state index contributed by atoms with van der Waals surface area (Å²) >= 11 is 0. The first-order chi connectivity index (χ1) is 32.1. The van der Waals surface area contributed by atoms with Gasteiger partial charge in [-0.25, -0.2) is 29.5 Å². The minimum atomic E-state index is -1.29. The molecule has 0 saturated heterocycles. The fourth-order valence-corrected chi connectivity index (χ4v) is 7.34. The number of carbonyl (C=O) groups excluding carboxylic acids is 2. The molecule has 0 aliphatic rings. The van der Waals surface area contributed by atoms with Crippen molar-refractivity contribution in [3.05, 3.63) is 82.2 Å². The number of imidazole rings is 1. The van der Waals surface area contributed by atoms with E-state index in [1.807, 2.05) is 65.8 Å². The summed E-state index contributed by atoms with van der Waals surface area (Å²) in [4.78, 5) is 78.6. The van der Waals surface area contributed by atoms with Crippen molar-refractivity contribution in [1.82, 2.24) is 45.1 Å². The maximum absolute atomic E-state index is 13.0. The quantitative estimate of drug-likeness (QED) is 0.0257. The molecule has 2 atom stereocenters. The number of nitrogens with one attached hydrogen (secondary N) is 3. The SMILES string of the molecule is CCCCc1nc2c(N)nc3ccccc3c2n1CC(C)(C)OC(=O)OCCC(C)(C)OCC(C)(C)NC(O)CCC(NC(=O)c1ccc(/N=C/c2cnc3nc(N)[nH]c(=O)c3n2)cc1)C(=O)O. The smallest absolute Gasteiger partial charge is 0.480 e. The van der Waals surface area contributed by atoms with Gasteiger partial charge in [-0.15, -0.1) is 0 Å². The van der Waals surface area contributed by atoms with Crippen LogP contribution >= 0.6 is 0 Å². The van der Waals surface area contributed by atoms with E-state index < -0.39 is 52.6 Å². The Morgan fingerprint density at radius 1 is 0.956 bits per heavy atom. The second kappa shape index (κ2) is 21.2. The molecule has 0 saturated carbocycles. The van der Waals surface area contributed by atoms with Gasteiger partial charge in [0.1, 0.15) is 34.9 Å². The lowest BCUT2D eigenvalue weighted by molar-refractivity contribution is -0.139. The second-order valence-corrected chi connectivity index (χ2v) is 18.4. The van der Waals surface area contributed by atoms with Crippen LogP contribution in [0.2, 0.25) is 0 Å². The van der Waals surface area contributed by atoms with Gasteiger partial charge in [0.2, 0.25) is 5.95 Å². The number of carbonyl (C=O) groups is 3. The number of nitrogens with two attached hydrogens (primary N) is 2. The highest BCUT2D eigenvalue weighted by Gasteiger charge is 2.31. The molecule has 6 aromatic rings. The van der Waals surface area contributed by atoms with E-state index in [1.54, 1.807) is 12.1 Å². The van der Waals surface area contributed by atoms with Gasteiger partial charge in [0.05, 0.1) is 54.5 Å². The lowest BCUT2D eigenvalue weighted by Gasteiger charge is -2.34. The predicted octanol–water partition coefficient (Wildman–Crippen LogP) is 5.34. The number of nitrogen functional groups attached to an aromatic ring is 2. The molecule has 9 N–H and O–H groups in total. The fourth-order valence-electron chi connectivity index (χ4n) is 7.34. The number of aliphatic hydroxyl groups is 1. The number of aliphatic hydroxyl groups excluding tert-OH is 1. The van der Waals surface area contributed by atoms with E-state index in [2.05, 4.69) is 52.0 Å². The van der Waals surface area contributed by atoms with Gasteiger partial charge in [0.15, 0.2) is 17.0 Å². The number of carboxylic acid groups (broad SMARTS) is 1. The number of aromatic nitrogens is 7. The molecule has 21 nitrogen and oxygen atoms in total. The number of hydrogen-bond donors (Lipinski definition) is 7. The van der Waals surface area contributed by atoms with Crippen molar-refractivity contribution in [1.29, 1.82) is 0 Å². The van der Waals surface area contributed by atoms with Crippen molar-refractivity contribution in [2.24, 2.45) is 4.99 Å². The Kier molecular flexibility index (Phi) is 15.7. The predicted molar refractivity (Wildman–Crippen MR) is 257 cm³/mol. The molecule has 2 aromatic carbocycles. The Hall–Kier alpha value is -7.10. The van der Waals surface area contributed by atoms with Gasteiger partial charge in [0.25, 0.3) is 11.5 Å². The number of rotatable bonds is 22. The molecule has 1 amide bonds. The van der Waals surface area contributed by atoms with E-state index in [1.165, 1.54) is 24.5 Å². The summed E-state index contributed by atoms with van der Waals surface area (Å²) in [6, 6.07) is 12.5. The molecular formula is C47H60N12O9. The van der Waals surface area contributed by atoms with Crippen LogP contribution in [0.4, 0.5) is 22.2 Å². The summed E-state index contributed by atoms with van der Waals surface area (Å²) < 4.78 is 19.7. The van der Waals surface area contributed by atoms with Crippen LogP contribution in [-0.4, -0.2) is 111 Å². The third-order valence-corrected chi connectivity index (χ3v) is 10.9. The highest BCUT2D eigenvalue weighted by atomic mass is 16.7. The molecule has 0 radical (unpaired) electrons. The summed E-state index contributed by atoms with van der Waals surface area (Å²) in [5.74, 6) is -0.796. The van der Waals surface area contributed by atoms with Crippen molar-refractivity contribution < 1.29 is 38.8 Å². The van der Waals surface area contributed by atoms with Crippen LogP contribution in [0, 0.1) is 0 Å². The van der Waals surface area contributed by atoms with Gasteiger partial charge in [0, 0.05) is 29.3 Å². The number of anilines is 2. The van der Waals surface area contributed by atoms with E-state index in [0.29, 0.717) is 30.0 Å². The monoisotopic (exact) mass is 936 g/mol. The number of nitrogens with zero attached hydrogens (tertiary/aromatic N) is 7. The molecule has 0 aliphatic heterocycles. The van der Waals surface area contributed by atoms with Crippen molar-refractivity contribution >= 4 is 74.8 Å². The molecule has 2 unspecified atom stereocenters. The number of H-pyrrole nitrogens is 1. The Labute approximate surface area is 392 Å². The minimum absolute atomic E-state index is 0.00184. The Bertz CT molecular complexity index is 2860. The van der Waals surface area contributed by atoms with Gasteiger partial charge >= 0.3 is 12.1 Å². The van der Waals surface area contributed by atoms with Gasteiger partial charge in [-0.1, -0.05) is 31.5 Å². The fraction of sp³-hybridized carbons (Fsp3) is 0.447. The van der Waals surface area contributed by atoms with E-state index in [-0.39, 0.29) is 54.4 Å². The molecular weight excluding hydrogens is 877 g/mol. The normalized spacial score (nSPS) is 13.3. The molecule has 0 aliphatic carbocycles. The number of aliphatic imine (C=N–C) groups is 1. The number of carboxylic acids is 1. The van der Waals surface area contributed by atoms with Gasteiger partial charge in [-0.3, -0.25) is 24.9 Å². The van der Waals surface area contributed by atoms with E-state index in [0.717, 1.165) is 41.5 Å². The summed E-state index contributed by atoms with van der Waals surface area (Å²) in [6.07, 6.45) is 3.67. The van der Waals surface area contributed by atoms with E-state index in [4.69, 9.17) is 30.7 Å². The van der Waals surface area contributed by atoms with Crippen LogP contribution in [0.1, 0.15) is 102 Å².